The third-order valence-corrected chi connectivity index (χ3v) is 4.58. The van der Waals surface area contributed by atoms with Gasteiger partial charge in [0, 0.05) is 11.3 Å². The predicted molar refractivity (Wildman–Crippen MR) is 65.9 cm³/mol. The van der Waals surface area contributed by atoms with Crippen LogP contribution in [0.1, 0.15) is 26.2 Å². The second-order valence-electron chi connectivity index (χ2n) is 3.63. The van der Waals surface area contributed by atoms with Gasteiger partial charge in [-0.25, -0.2) is 0 Å². The van der Waals surface area contributed by atoms with E-state index in [1.807, 2.05) is 11.8 Å². The summed E-state index contributed by atoms with van der Waals surface area (Å²) in [4.78, 5) is 0. The molecule has 2 atom stereocenters. The summed E-state index contributed by atoms with van der Waals surface area (Å²) in [5.41, 5.74) is 0. The Hall–Kier alpha value is 0.660. The van der Waals surface area contributed by atoms with Gasteiger partial charge >= 0.3 is 0 Å². The highest BCUT2D eigenvalue weighted by molar-refractivity contribution is 8.00. The molecular weight excluding hydrogens is 198 g/mol. The van der Waals surface area contributed by atoms with Gasteiger partial charge in [0.15, 0.2) is 0 Å². The number of thioether (sulfide) groups is 2. The molecule has 0 amide bonds. The van der Waals surface area contributed by atoms with Gasteiger partial charge in [0.2, 0.25) is 0 Å². The quantitative estimate of drug-likeness (QED) is 0.690. The summed E-state index contributed by atoms with van der Waals surface area (Å²) in [5.74, 6) is 2.67. The van der Waals surface area contributed by atoms with E-state index in [9.17, 15) is 0 Å². The van der Waals surface area contributed by atoms with Gasteiger partial charge in [0.1, 0.15) is 0 Å². The second-order valence-corrected chi connectivity index (χ2v) is 6.10. The van der Waals surface area contributed by atoms with Gasteiger partial charge < -0.3 is 5.32 Å². The summed E-state index contributed by atoms with van der Waals surface area (Å²) >= 11 is 4.06. The molecule has 1 aliphatic rings. The molecule has 0 spiro atoms. The molecule has 0 aliphatic carbocycles. The molecule has 0 aromatic rings. The van der Waals surface area contributed by atoms with Gasteiger partial charge in [-0.3, -0.25) is 0 Å². The SMILES string of the molecule is CSCCCCNC1CCSC1C. The summed E-state index contributed by atoms with van der Waals surface area (Å²) in [6.07, 6.45) is 6.26. The highest BCUT2D eigenvalue weighted by atomic mass is 32.2. The van der Waals surface area contributed by atoms with Gasteiger partial charge in [-0.2, -0.15) is 23.5 Å². The average molecular weight is 219 g/mol. The van der Waals surface area contributed by atoms with Crippen molar-refractivity contribution in [3.05, 3.63) is 0 Å². The van der Waals surface area contributed by atoms with E-state index in [0.29, 0.717) is 0 Å². The van der Waals surface area contributed by atoms with Crippen molar-refractivity contribution in [2.45, 2.75) is 37.5 Å². The molecule has 1 heterocycles. The molecule has 0 radical (unpaired) electrons. The lowest BCUT2D eigenvalue weighted by atomic mass is 10.1. The highest BCUT2D eigenvalue weighted by Gasteiger charge is 2.22. The van der Waals surface area contributed by atoms with Crippen LogP contribution in [0.15, 0.2) is 0 Å². The van der Waals surface area contributed by atoms with Gasteiger partial charge in [0.05, 0.1) is 0 Å². The summed E-state index contributed by atoms with van der Waals surface area (Å²) < 4.78 is 0. The van der Waals surface area contributed by atoms with E-state index in [0.717, 1.165) is 11.3 Å². The maximum atomic E-state index is 3.66. The standard InChI is InChI=1S/C10H21NS2/c1-9-10(5-8-13-9)11-6-3-4-7-12-2/h9-11H,3-8H2,1-2H3. The minimum Gasteiger partial charge on any atom is -0.313 e. The zero-order valence-electron chi connectivity index (χ0n) is 8.71. The minimum absolute atomic E-state index is 0.791. The van der Waals surface area contributed by atoms with Crippen molar-refractivity contribution in [3.8, 4) is 0 Å². The Morgan fingerprint density at radius 3 is 2.92 bits per heavy atom. The summed E-state index contributed by atoms with van der Waals surface area (Å²) in [5, 5.41) is 4.49. The second kappa shape index (κ2) is 7.02. The van der Waals surface area contributed by atoms with Crippen LogP contribution in [-0.2, 0) is 0 Å². The molecule has 1 saturated heterocycles. The number of hydrogen-bond donors (Lipinski definition) is 1. The number of unbranched alkanes of at least 4 members (excludes halogenated alkanes) is 1. The molecule has 0 aromatic heterocycles. The smallest absolute Gasteiger partial charge is 0.0191 e. The minimum atomic E-state index is 0.791. The van der Waals surface area contributed by atoms with E-state index in [-0.39, 0.29) is 0 Å². The Kier molecular flexibility index (Phi) is 6.33. The number of rotatable bonds is 6. The van der Waals surface area contributed by atoms with Crippen molar-refractivity contribution in [1.82, 2.24) is 5.32 Å². The van der Waals surface area contributed by atoms with Crippen molar-refractivity contribution in [1.29, 1.82) is 0 Å². The normalized spacial score (nSPS) is 28.2. The maximum absolute atomic E-state index is 3.66. The van der Waals surface area contributed by atoms with Crippen molar-refractivity contribution in [2.24, 2.45) is 0 Å². The Morgan fingerprint density at radius 1 is 1.46 bits per heavy atom. The summed E-state index contributed by atoms with van der Waals surface area (Å²) in [7, 11) is 0. The lowest BCUT2D eigenvalue weighted by Gasteiger charge is -2.15. The molecule has 0 bridgehead atoms. The third kappa shape index (κ3) is 4.61. The Balaban J connectivity index is 1.93. The predicted octanol–water partition coefficient (Wildman–Crippen LogP) is 2.61. The van der Waals surface area contributed by atoms with E-state index in [1.54, 1.807) is 0 Å². The van der Waals surface area contributed by atoms with E-state index >= 15 is 0 Å². The highest BCUT2D eigenvalue weighted by Crippen LogP contribution is 2.25. The molecule has 0 aromatic carbocycles. The molecule has 1 N–H and O–H groups in total. The van der Waals surface area contributed by atoms with Gasteiger partial charge in [-0.15, -0.1) is 0 Å². The van der Waals surface area contributed by atoms with Crippen LogP contribution in [0.4, 0.5) is 0 Å². The fraction of sp³-hybridized carbons (Fsp3) is 1.00. The molecular formula is C10H21NS2. The van der Waals surface area contributed by atoms with E-state index in [4.69, 9.17) is 0 Å². The number of hydrogen-bond acceptors (Lipinski definition) is 3. The van der Waals surface area contributed by atoms with Crippen LogP contribution in [0.3, 0.4) is 0 Å². The fourth-order valence-electron chi connectivity index (χ4n) is 1.66. The maximum Gasteiger partial charge on any atom is 0.0191 e. The molecule has 0 saturated carbocycles. The molecule has 1 fully saturated rings. The zero-order chi connectivity index (χ0) is 9.52. The van der Waals surface area contributed by atoms with Crippen molar-refractivity contribution >= 4 is 23.5 Å². The summed E-state index contributed by atoms with van der Waals surface area (Å²) in [6, 6.07) is 0.791. The van der Waals surface area contributed by atoms with E-state index in [2.05, 4.69) is 30.3 Å². The Labute approximate surface area is 90.8 Å². The molecule has 1 rings (SSSR count). The van der Waals surface area contributed by atoms with Crippen LogP contribution in [-0.4, -0.2) is 35.6 Å². The lowest BCUT2D eigenvalue weighted by molar-refractivity contribution is 0.503. The topological polar surface area (TPSA) is 12.0 Å². The van der Waals surface area contributed by atoms with Crippen molar-refractivity contribution in [3.63, 3.8) is 0 Å². The molecule has 1 aliphatic heterocycles. The molecule has 78 valence electrons. The first-order chi connectivity index (χ1) is 6.34. The van der Waals surface area contributed by atoms with Crippen molar-refractivity contribution < 1.29 is 0 Å². The Bertz CT molecular complexity index is 130. The first-order valence-electron chi connectivity index (χ1n) is 5.18. The fourth-order valence-corrected chi connectivity index (χ4v) is 3.38. The van der Waals surface area contributed by atoms with Crippen LogP contribution < -0.4 is 5.32 Å². The van der Waals surface area contributed by atoms with Crippen molar-refractivity contribution in [2.75, 3.05) is 24.3 Å². The monoisotopic (exact) mass is 219 g/mol. The van der Waals surface area contributed by atoms with E-state index in [1.165, 1.54) is 37.3 Å². The average Bonchev–Trinajstić information content (AvgIpc) is 2.52. The molecule has 2 unspecified atom stereocenters. The molecule has 1 nitrogen and oxygen atoms in total. The third-order valence-electron chi connectivity index (χ3n) is 2.56. The van der Waals surface area contributed by atoms with Crippen LogP contribution in [0.25, 0.3) is 0 Å². The number of nitrogens with one attached hydrogen (secondary N) is 1. The molecule has 3 heteroatoms. The zero-order valence-corrected chi connectivity index (χ0v) is 10.3. The van der Waals surface area contributed by atoms with E-state index < -0.39 is 0 Å². The Morgan fingerprint density at radius 2 is 2.31 bits per heavy atom. The van der Waals surface area contributed by atoms with Crippen LogP contribution in [0.5, 0.6) is 0 Å². The first-order valence-corrected chi connectivity index (χ1v) is 7.63. The van der Waals surface area contributed by atoms with Crippen LogP contribution in [0.2, 0.25) is 0 Å². The summed E-state index contributed by atoms with van der Waals surface area (Å²) in [6.45, 7) is 3.56. The van der Waals surface area contributed by atoms with Crippen LogP contribution in [0, 0.1) is 0 Å². The lowest BCUT2D eigenvalue weighted by Crippen LogP contribution is -2.34. The largest absolute Gasteiger partial charge is 0.313 e. The van der Waals surface area contributed by atoms with Gasteiger partial charge in [-0.1, -0.05) is 6.92 Å². The first kappa shape index (κ1) is 11.7. The van der Waals surface area contributed by atoms with Crippen LogP contribution >= 0.6 is 23.5 Å². The van der Waals surface area contributed by atoms with Gasteiger partial charge in [0.25, 0.3) is 0 Å². The molecule has 13 heavy (non-hydrogen) atoms. The van der Waals surface area contributed by atoms with Gasteiger partial charge in [-0.05, 0) is 43.6 Å².